The van der Waals surface area contributed by atoms with Crippen LogP contribution in [0.5, 0.6) is 0 Å². The fraction of sp³-hybridized carbons (Fsp3) is 0.500. The van der Waals surface area contributed by atoms with Gasteiger partial charge >= 0.3 is 0 Å². The van der Waals surface area contributed by atoms with Gasteiger partial charge in [-0.25, -0.2) is 8.42 Å². The maximum absolute atomic E-state index is 12.3. The summed E-state index contributed by atoms with van der Waals surface area (Å²) in [6, 6.07) is 4.92. The molecule has 1 aromatic rings. The molecule has 4 nitrogen and oxygen atoms in total. The number of ether oxygens (including phenoxy) is 1. The van der Waals surface area contributed by atoms with Gasteiger partial charge in [0.1, 0.15) is 0 Å². The smallest absolute Gasteiger partial charge is 0.180 e. The van der Waals surface area contributed by atoms with Gasteiger partial charge in [-0.3, -0.25) is 0 Å². The largest absolute Gasteiger partial charge is 0.398 e. The highest BCUT2D eigenvalue weighted by Crippen LogP contribution is 2.27. The molecule has 0 bridgehead atoms. The second kappa shape index (κ2) is 5.59. The summed E-state index contributed by atoms with van der Waals surface area (Å²) < 4.78 is 30.6. The zero-order valence-corrected chi connectivity index (χ0v) is 12.3. The summed E-state index contributed by atoms with van der Waals surface area (Å²) >= 11 is 3.27. The average Bonchev–Trinajstić information content (AvgIpc) is 2.33. The summed E-state index contributed by atoms with van der Waals surface area (Å²) in [6.45, 7) is 1.29. The number of benzene rings is 1. The molecular formula is C12H16BrNO3S. The molecule has 0 aliphatic carbocycles. The maximum atomic E-state index is 12.3. The lowest BCUT2D eigenvalue weighted by atomic mass is 10.0. The SMILES string of the molecule is Nc1ccc(Br)cc1S(=O)(=O)CC1CCOCC1. The lowest BCUT2D eigenvalue weighted by molar-refractivity contribution is 0.0723. The Morgan fingerprint density at radius 1 is 1.33 bits per heavy atom. The number of hydrogen-bond donors (Lipinski definition) is 1. The average molecular weight is 334 g/mol. The fourth-order valence-corrected chi connectivity index (χ4v) is 4.47. The second-order valence-electron chi connectivity index (χ2n) is 4.52. The van der Waals surface area contributed by atoms with Gasteiger partial charge in [0.2, 0.25) is 0 Å². The van der Waals surface area contributed by atoms with E-state index in [0.717, 1.165) is 17.3 Å². The Morgan fingerprint density at radius 3 is 2.67 bits per heavy atom. The first-order chi connectivity index (χ1) is 8.49. The van der Waals surface area contributed by atoms with Crippen molar-refractivity contribution in [3.05, 3.63) is 22.7 Å². The lowest BCUT2D eigenvalue weighted by Crippen LogP contribution is -2.24. The number of anilines is 1. The predicted molar refractivity (Wildman–Crippen MR) is 74.2 cm³/mol. The Bertz CT molecular complexity index is 524. The number of nitrogens with two attached hydrogens (primary N) is 1. The van der Waals surface area contributed by atoms with E-state index in [4.69, 9.17) is 10.5 Å². The van der Waals surface area contributed by atoms with Crippen molar-refractivity contribution in [2.75, 3.05) is 24.7 Å². The van der Waals surface area contributed by atoms with Crippen molar-refractivity contribution in [3.63, 3.8) is 0 Å². The molecule has 1 aliphatic heterocycles. The summed E-state index contributed by atoms with van der Waals surface area (Å²) in [4.78, 5) is 0.225. The normalized spacial score (nSPS) is 17.8. The van der Waals surface area contributed by atoms with E-state index in [0.29, 0.717) is 18.9 Å². The van der Waals surface area contributed by atoms with E-state index >= 15 is 0 Å². The zero-order valence-electron chi connectivity index (χ0n) is 9.93. The number of hydrogen-bond acceptors (Lipinski definition) is 4. The third-order valence-electron chi connectivity index (χ3n) is 3.11. The Kier molecular flexibility index (Phi) is 4.29. The molecule has 0 amide bonds. The first-order valence-corrected chi connectivity index (χ1v) is 8.29. The van der Waals surface area contributed by atoms with Crippen LogP contribution in [0.25, 0.3) is 0 Å². The second-order valence-corrected chi connectivity index (χ2v) is 7.44. The Balaban J connectivity index is 2.21. The molecule has 0 atom stereocenters. The number of sulfone groups is 1. The molecule has 6 heteroatoms. The van der Waals surface area contributed by atoms with E-state index in [1.165, 1.54) is 0 Å². The standard InChI is InChI=1S/C12H16BrNO3S/c13-10-1-2-11(14)12(7-10)18(15,16)8-9-3-5-17-6-4-9/h1-2,7,9H,3-6,8,14H2. The quantitative estimate of drug-likeness (QED) is 0.861. The number of nitrogen functional groups attached to an aromatic ring is 1. The van der Waals surface area contributed by atoms with Crippen molar-refractivity contribution in [1.82, 2.24) is 0 Å². The van der Waals surface area contributed by atoms with E-state index in [1.807, 2.05) is 0 Å². The summed E-state index contributed by atoms with van der Waals surface area (Å²) in [5.74, 6) is 0.318. The van der Waals surface area contributed by atoms with E-state index in [-0.39, 0.29) is 16.6 Å². The Hall–Kier alpha value is -0.590. The van der Waals surface area contributed by atoms with Gasteiger partial charge in [0.15, 0.2) is 9.84 Å². The molecule has 0 spiro atoms. The van der Waals surface area contributed by atoms with Gasteiger partial charge in [0.05, 0.1) is 16.3 Å². The van der Waals surface area contributed by atoms with Crippen LogP contribution in [0.3, 0.4) is 0 Å². The van der Waals surface area contributed by atoms with Crippen molar-refractivity contribution in [2.24, 2.45) is 5.92 Å². The summed E-state index contributed by atoms with van der Waals surface area (Å²) in [7, 11) is -3.32. The molecule has 0 unspecified atom stereocenters. The van der Waals surface area contributed by atoms with Crippen molar-refractivity contribution >= 4 is 31.5 Å². The highest BCUT2D eigenvalue weighted by molar-refractivity contribution is 9.10. The van der Waals surface area contributed by atoms with E-state index in [9.17, 15) is 8.42 Å². The topological polar surface area (TPSA) is 69.4 Å². The highest BCUT2D eigenvalue weighted by atomic mass is 79.9. The highest BCUT2D eigenvalue weighted by Gasteiger charge is 2.25. The molecule has 2 N–H and O–H groups in total. The zero-order chi connectivity index (χ0) is 13.2. The first-order valence-electron chi connectivity index (χ1n) is 5.84. The third-order valence-corrected chi connectivity index (χ3v) is 5.53. The first kappa shape index (κ1) is 13.8. The van der Waals surface area contributed by atoms with Gasteiger partial charge in [-0.1, -0.05) is 15.9 Å². The minimum atomic E-state index is -3.32. The van der Waals surface area contributed by atoms with Crippen LogP contribution >= 0.6 is 15.9 Å². The molecule has 1 saturated heterocycles. The van der Waals surface area contributed by atoms with Crippen LogP contribution in [-0.2, 0) is 14.6 Å². The van der Waals surface area contributed by atoms with Crippen molar-refractivity contribution < 1.29 is 13.2 Å². The molecule has 0 radical (unpaired) electrons. The molecule has 100 valence electrons. The van der Waals surface area contributed by atoms with E-state index < -0.39 is 9.84 Å². The minimum Gasteiger partial charge on any atom is -0.398 e. The molecule has 0 aromatic heterocycles. The molecular weight excluding hydrogens is 318 g/mol. The van der Waals surface area contributed by atoms with Gasteiger partial charge in [-0.05, 0) is 37.0 Å². The molecule has 1 fully saturated rings. The summed E-state index contributed by atoms with van der Waals surface area (Å²) in [5.41, 5.74) is 6.07. The Morgan fingerprint density at radius 2 is 2.00 bits per heavy atom. The third kappa shape index (κ3) is 3.24. The van der Waals surface area contributed by atoms with Crippen LogP contribution in [0.4, 0.5) is 5.69 Å². The van der Waals surface area contributed by atoms with Crippen molar-refractivity contribution in [3.8, 4) is 0 Å². The van der Waals surface area contributed by atoms with Gasteiger partial charge in [0.25, 0.3) is 0 Å². The number of halogens is 1. The van der Waals surface area contributed by atoms with Crippen molar-refractivity contribution in [2.45, 2.75) is 17.7 Å². The van der Waals surface area contributed by atoms with Gasteiger partial charge in [-0.15, -0.1) is 0 Å². The van der Waals surface area contributed by atoms with Crippen LogP contribution in [0.2, 0.25) is 0 Å². The van der Waals surface area contributed by atoms with Gasteiger partial charge < -0.3 is 10.5 Å². The molecule has 2 rings (SSSR count). The van der Waals surface area contributed by atoms with E-state index in [2.05, 4.69) is 15.9 Å². The Labute approximate surface area is 116 Å². The maximum Gasteiger partial charge on any atom is 0.180 e. The van der Waals surface area contributed by atoms with Gasteiger partial charge in [-0.2, -0.15) is 0 Å². The molecule has 0 saturated carbocycles. The van der Waals surface area contributed by atoms with Crippen LogP contribution in [0.1, 0.15) is 12.8 Å². The van der Waals surface area contributed by atoms with Crippen LogP contribution in [0, 0.1) is 5.92 Å². The summed E-state index contributed by atoms with van der Waals surface area (Å²) in [6.07, 6.45) is 1.60. The van der Waals surface area contributed by atoms with Crippen LogP contribution in [0.15, 0.2) is 27.6 Å². The number of rotatable bonds is 3. The molecule has 1 aromatic carbocycles. The molecule has 1 aliphatic rings. The van der Waals surface area contributed by atoms with Gasteiger partial charge in [0, 0.05) is 17.7 Å². The van der Waals surface area contributed by atoms with E-state index in [1.54, 1.807) is 18.2 Å². The monoisotopic (exact) mass is 333 g/mol. The van der Waals surface area contributed by atoms with Crippen LogP contribution in [-0.4, -0.2) is 27.4 Å². The van der Waals surface area contributed by atoms with Crippen LogP contribution < -0.4 is 5.73 Å². The molecule has 18 heavy (non-hydrogen) atoms. The predicted octanol–water partition coefficient (Wildman–Crippen LogP) is 2.23. The minimum absolute atomic E-state index is 0.150. The fourth-order valence-electron chi connectivity index (χ4n) is 2.09. The van der Waals surface area contributed by atoms with Crippen molar-refractivity contribution in [1.29, 1.82) is 0 Å². The molecule has 1 heterocycles. The summed E-state index contributed by atoms with van der Waals surface area (Å²) in [5, 5.41) is 0. The lowest BCUT2D eigenvalue weighted by Gasteiger charge is -2.22.